The number of anilines is 1. The lowest BCUT2D eigenvalue weighted by molar-refractivity contribution is 0.375. The maximum Gasteiger partial charge on any atom is 0.204 e. The molecule has 0 spiro atoms. The molecular weight excluding hydrogens is 216 g/mol. The van der Waals surface area contributed by atoms with Gasteiger partial charge in [-0.1, -0.05) is 25.9 Å². The summed E-state index contributed by atoms with van der Waals surface area (Å²) >= 11 is 0. The molecule has 5 heteroatoms. The van der Waals surface area contributed by atoms with Crippen molar-refractivity contribution in [3.8, 4) is 11.6 Å². The summed E-state index contributed by atoms with van der Waals surface area (Å²) in [5.74, 6) is 1.44. The minimum Gasteiger partial charge on any atom is -0.384 e. The minimum absolute atomic E-state index is 0.171. The maximum absolute atomic E-state index is 5.59. The Bertz CT molecular complexity index is 513. The molecule has 0 fully saturated rings. The average Bonchev–Trinajstić information content (AvgIpc) is 2.63. The van der Waals surface area contributed by atoms with E-state index in [9.17, 15) is 0 Å². The summed E-state index contributed by atoms with van der Waals surface area (Å²) in [6.45, 7) is 6.45. The molecule has 2 heterocycles. The van der Waals surface area contributed by atoms with Gasteiger partial charge in [-0.2, -0.15) is 0 Å². The zero-order chi connectivity index (χ0) is 12.5. The second-order valence-corrected chi connectivity index (χ2v) is 5.23. The molecule has 0 aliphatic rings. The van der Waals surface area contributed by atoms with Crippen LogP contribution in [0.5, 0.6) is 0 Å². The molecule has 0 bridgehead atoms. The van der Waals surface area contributed by atoms with Gasteiger partial charge in [0.05, 0.1) is 5.69 Å². The molecule has 0 unspecified atom stereocenters. The fourth-order valence-electron chi connectivity index (χ4n) is 1.54. The third-order valence-electron chi connectivity index (χ3n) is 2.17. The molecule has 0 amide bonds. The van der Waals surface area contributed by atoms with E-state index in [0.717, 1.165) is 12.1 Å². The third kappa shape index (κ3) is 3.03. The van der Waals surface area contributed by atoms with Gasteiger partial charge >= 0.3 is 0 Å². The molecule has 0 saturated carbocycles. The van der Waals surface area contributed by atoms with E-state index >= 15 is 0 Å². The van der Waals surface area contributed by atoms with Crippen LogP contribution in [0.1, 0.15) is 26.5 Å². The van der Waals surface area contributed by atoms with Crippen molar-refractivity contribution in [3.05, 3.63) is 24.0 Å². The molecule has 2 aromatic heterocycles. The van der Waals surface area contributed by atoms with Crippen molar-refractivity contribution in [3.63, 3.8) is 0 Å². The highest BCUT2D eigenvalue weighted by atomic mass is 16.5. The molecule has 0 saturated heterocycles. The number of rotatable bonds is 2. The van der Waals surface area contributed by atoms with Crippen molar-refractivity contribution in [1.29, 1.82) is 0 Å². The van der Waals surface area contributed by atoms with Gasteiger partial charge in [-0.15, -0.1) is 0 Å². The second kappa shape index (κ2) is 4.16. The Morgan fingerprint density at radius 1 is 1.35 bits per heavy atom. The standard InChI is InChI=1S/C12H16N4O/c1-12(2,3)7-8-6-9(17-16-8)11-14-5-4-10(13)15-11/h4-6H,7H2,1-3H3,(H2,13,14,15). The summed E-state index contributed by atoms with van der Waals surface area (Å²) < 4.78 is 5.22. The van der Waals surface area contributed by atoms with Crippen LogP contribution >= 0.6 is 0 Å². The number of hydrogen-bond acceptors (Lipinski definition) is 5. The Morgan fingerprint density at radius 3 is 2.76 bits per heavy atom. The number of hydrogen-bond donors (Lipinski definition) is 1. The molecule has 0 aromatic carbocycles. The zero-order valence-corrected chi connectivity index (χ0v) is 10.3. The summed E-state index contributed by atoms with van der Waals surface area (Å²) in [7, 11) is 0. The molecule has 5 nitrogen and oxygen atoms in total. The van der Waals surface area contributed by atoms with E-state index < -0.39 is 0 Å². The average molecular weight is 232 g/mol. The molecule has 2 rings (SSSR count). The first-order valence-electron chi connectivity index (χ1n) is 5.48. The first-order valence-corrected chi connectivity index (χ1v) is 5.48. The van der Waals surface area contributed by atoms with Crippen molar-refractivity contribution in [1.82, 2.24) is 15.1 Å². The smallest absolute Gasteiger partial charge is 0.204 e. The zero-order valence-electron chi connectivity index (χ0n) is 10.3. The molecule has 2 aromatic rings. The van der Waals surface area contributed by atoms with E-state index in [2.05, 4.69) is 35.9 Å². The summed E-state index contributed by atoms with van der Waals surface area (Å²) in [6.07, 6.45) is 2.45. The first kappa shape index (κ1) is 11.6. The summed E-state index contributed by atoms with van der Waals surface area (Å²) in [5.41, 5.74) is 6.66. The highest BCUT2D eigenvalue weighted by molar-refractivity contribution is 5.49. The molecular formula is C12H16N4O. The van der Waals surface area contributed by atoms with Crippen molar-refractivity contribution in [2.75, 3.05) is 5.73 Å². The van der Waals surface area contributed by atoms with E-state index in [1.165, 1.54) is 0 Å². The maximum atomic E-state index is 5.59. The Kier molecular flexibility index (Phi) is 2.83. The predicted octanol–water partition coefficient (Wildman–Crippen LogP) is 2.30. The van der Waals surface area contributed by atoms with Gasteiger partial charge in [-0.05, 0) is 17.9 Å². The second-order valence-electron chi connectivity index (χ2n) is 5.23. The van der Waals surface area contributed by atoms with Gasteiger partial charge in [0.1, 0.15) is 5.82 Å². The largest absolute Gasteiger partial charge is 0.384 e. The van der Waals surface area contributed by atoms with E-state index in [4.69, 9.17) is 10.3 Å². The van der Waals surface area contributed by atoms with Crippen LogP contribution in [-0.2, 0) is 6.42 Å². The van der Waals surface area contributed by atoms with Gasteiger partial charge in [0.15, 0.2) is 0 Å². The summed E-state index contributed by atoms with van der Waals surface area (Å²) in [5, 5.41) is 4.01. The van der Waals surface area contributed by atoms with E-state index in [-0.39, 0.29) is 5.41 Å². The van der Waals surface area contributed by atoms with Crippen LogP contribution in [-0.4, -0.2) is 15.1 Å². The quantitative estimate of drug-likeness (QED) is 0.859. The number of nitrogens with two attached hydrogens (primary N) is 1. The van der Waals surface area contributed by atoms with Gasteiger partial charge in [0, 0.05) is 12.3 Å². The summed E-state index contributed by atoms with van der Waals surface area (Å²) in [4.78, 5) is 8.18. The Morgan fingerprint density at radius 2 is 2.12 bits per heavy atom. The number of nitrogens with zero attached hydrogens (tertiary/aromatic N) is 3. The van der Waals surface area contributed by atoms with Gasteiger partial charge in [-0.25, -0.2) is 9.97 Å². The fourth-order valence-corrected chi connectivity index (χ4v) is 1.54. The summed E-state index contributed by atoms with van der Waals surface area (Å²) in [6, 6.07) is 3.50. The van der Waals surface area contributed by atoms with Crippen molar-refractivity contribution < 1.29 is 4.52 Å². The van der Waals surface area contributed by atoms with Gasteiger partial charge in [0.25, 0.3) is 0 Å². The van der Waals surface area contributed by atoms with E-state index in [0.29, 0.717) is 17.4 Å². The molecule has 2 N–H and O–H groups in total. The first-order chi connectivity index (χ1) is 7.94. The Labute approximate surface area is 100 Å². The lowest BCUT2D eigenvalue weighted by Gasteiger charge is -2.14. The number of nitrogen functional groups attached to an aromatic ring is 1. The molecule has 17 heavy (non-hydrogen) atoms. The van der Waals surface area contributed by atoms with Gasteiger partial charge in [-0.3, -0.25) is 0 Å². The van der Waals surface area contributed by atoms with Crippen molar-refractivity contribution in [2.24, 2.45) is 5.41 Å². The molecule has 0 aliphatic heterocycles. The van der Waals surface area contributed by atoms with Crippen LogP contribution in [0.15, 0.2) is 22.9 Å². The molecule has 0 aliphatic carbocycles. The van der Waals surface area contributed by atoms with Crippen molar-refractivity contribution in [2.45, 2.75) is 27.2 Å². The number of aromatic nitrogens is 3. The molecule has 0 atom stereocenters. The van der Waals surface area contributed by atoms with E-state index in [1.54, 1.807) is 12.3 Å². The van der Waals surface area contributed by atoms with Gasteiger partial charge < -0.3 is 10.3 Å². The van der Waals surface area contributed by atoms with Crippen LogP contribution in [0.3, 0.4) is 0 Å². The Hall–Kier alpha value is -1.91. The predicted molar refractivity (Wildman–Crippen MR) is 65.1 cm³/mol. The Balaban J connectivity index is 2.24. The monoisotopic (exact) mass is 232 g/mol. The highest BCUT2D eigenvalue weighted by Crippen LogP contribution is 2.23. The topological polar surface area (TPSA) is 77.8 Å². The van der Waals surface area contributed by atoms with E-state index in [1.807, 2.05) is 6.07 Å². The minimum atomic E-state index is 0.171. The molecule has 0 radical (unpaired) electrons. The third-order valence-corrected chi connectivity index (χ3v) is 2.17. The van der Waals surface area contributed by atoms with Crippen molar-refractivity contribution >= 4 is 5.82 Å². The molecule has 90 valence electrons. The lowest BCUT2D eigenvalue weighted by Crippen LogP contribution is -2.09. The van der Waals surface area contributed by atoms with Crippen LogP contribution in [0.4, 0.5) is 5.82 Å². The van der Waals surface area contributed by atoms with Crippen LogP contribution in [0.25, 0.3) is 11.6 Å². The SMILES string of the molecule is CC(C)(C)Cc1cc(-c2nccc(N)n2)on1. The van der Waals surface area contributed by atoms with Crippen LogP contribution < -0.4 is 5.73 Å². The highest BCUT2D eigenvalue weighted by Gasteiger charge is 2.16. The van der Waals surface area contributed by atoms with Crippen LogP contribution in [0, 0.1) is 5.41 Å². The van der Waals surface area contributed by atoms with Crippen LogP contribution in [0.2, 0.25) is 0 Å². The lowest BCUT2D eigenvalue weighted by atomic mass is 9.90. The van der Waals surface area contributed by atoms with Gasteiger partial charge in [0.2, 0.25) is 11.6 Å². The normalized spacial score (nSPS) is 11.7. The fraction of sp³-hybridized carbons (Fsp3) is 0.417.